The zero-order valence-electron chi connectivity index (χ0n) is 17.5. The highest BCUT2D eigenvalue weighted by Gasteiger charge is 2.07. The summed E-state index contributed by atoms with van der Waals surface area (Å²) in [5.41, 5.74) is 2.87. The average molecular weight is 359 g/mol. The van der Waals surface area contributed by atoms with Gasteiger partial charge >= 0.3 is 0 Å². The van der Waals surface area contributed by atoms with Crippen LogP contribution < -0.4 is 4.74 Å². The second kappa shape index (κ2) is 13.0. The summed E-state index contributed by atoms with van der Waals surface area (Å²) in [6, 6.07) is 15.6. The molecule has 144 valence electrons. The molecule has 0 unspecified atom stereocenters. The molecular formula is C22H34N2O2. The van der Waals surface area contributed by atoms with Crippen molar-refractivity contribution < 1.29 is 9.53 Å². The van der Waals surface area contributed by atoms with Crippen LogP contribution >= 0.6 is 0 Å². The molecule has 0 saturated heterocycles. The van der Waals surface area contributed by atoms with Crippen LogP contribution in [0, 0.1) is 0 Å². The van der Waals surface area contributed by atoms with E-state index in [2.05, 4.69) is 0 Å². The molecule has 0 aliphatic rings. The highest BCUT2D eigenvalue weighted by molar-refractivity contribution is 5.94. The van der Waals surface area contributed by atoms with Crippen LogP contribution in [0.25, 0.3) is 11.1 Å². The summed E-state index contributed by atoms with van der Waals surface area (Å²) in [7, 11) is 7.43. The maximum Gasteiger partial charge on any atom is 0.253 e. The molecule has 0 radical (unpaired) electrons. The van der Waals surface area contributed by atoms with Crippen molar-refractivity contribution in [2.75, 3.05) is 34.9 Å². The van der Waals surface area contributed by atoms with Crippen molar-refractivity contribution in [2.24, 2.45) is 0 Å². The van der Waals surface area contributed by atoms with E-state index in [1.165, 1.54) is 0 Å². The number of carbonyl (C=O) groups excluding carboxylic acids is 1. The van der Waals surface area contributed by atoms with Crippen LogP contribution in [0.1, 0.15) is 38.1 Å². The Labute approximate surface area is 159 Å². The summed E-state index contributed by atoms with van der Waals surface area (Å²) in [5, 5.41) is 0. The van der Waals surface area contributed by atoms with Gasteiger partial charge in [0.25, 0.3) is 5.91 Å². The third kappa shape index (κ3) is 7.70. The molecule has 0 aliphatic heterocycles. The van der Waals surface area contributed by atoms with Crippen molar-refractivity contribution in [2.45, 2.75) is 27.7 Å². The SMILES string of the molecule is CC.CC.CN(C)COc1ccc(-c2ccc(C(=O)N(C)C)cc2)cc1. The Hall–Kier alpha value is -2.33. The van der Waals surface area contributed by atoms with Gasteiger partial charge in [-0.25, -0.2) is 0 Å². The predicted molar refractivity (Wildman–Crippen MR) is 112 cm³/mol. The number of hydrogen-bond donors (Lipinski definition) is 0. The van der Waals surface area contributed by atoms with Crippen molar-refractivity contribution >= 4 is 5.91 Å². The number of benzene rings is 2. The Morgan fingerprint density at radius 3 is 1.58 bits per heavy atom. The minimum absolute atomic E-state index is 0.0129. The van der Waals surface area contributed by atoms with Crippen molar-refractivity contribution in [1.29, 1.82) is 0 Å². The summed E-state index contributed by atoms with van der Waals surface area (Å²) in [4.78, 5) is 15.4. The minimum Gasteiger partial charge on any atom is -0.478 e. The van der Waals surface area contributed by atoms with Crippen molar-refractivity contribution in [3.8, 4) is 16.9 Å². The number of amides is 1. The van der Waals surface area contributed by atoms with Crippen LogP contribution in [0.3, 0.4) is 0 Å². The number of ether oxygens (including phenoxy) is 1. The van der Waals surface area contributed by atoms with Crippen LogP contribution in [0.2, 0.25) is 0 Å². The Morgan fingerprint density at radius 2 is 1.19 bits per heavy atom. The smallest absolute Gasteiger partial charge is 0.253 e. The first-order valence-electron chi connectivity index (χ1n) is 9.17. The summed E-state index contributed by atoms with van der Waals surface area (Å²) < 4.78 is 5.61. The predicted octanol–water partition coefficient (Wildman–Crippen LogP) is 5.01. The maximum atomic E-state index is 11.9. The van der Waals surface area contributed by atoms with Gasteiger partial charge in [0.1, 0.15) is 12.5 Å². The highest BCUT2D eigenvalue weighted by Crippen LogP contribution is 2.23. The molecule has 2 aromatic carbocycles. The fourth-order valence-corrected chi connectivity index (χ4v) is 2.01. The lowest BCUT2D eigenvalue weighted by Crippen LogP contribution is -2.21. The largest absolute Gasteiger partial charge is 0.478 e. The van der Waals surface area contributed by atoms with E-state index in [-0.39, 0.29) is 5.91 Å². The highest BCUT2D eigenvalue weighted by atomic mass is 16.5. The lowest BCUT2D eigenvalue weighted by atomic mass is 10.0. The molecule has 2 rings (SSSR count). The lowest BCUT2D eigenvalue weighted by Gasteiger charge is -2.12. The molecule has 0 aromatic heterocycles. The van der Waals surface area contributed by atoms with Gasteiger partial charge in [-0.05, 0) is 49.5 Å². The zero-order valence-corrected chi connectivity index (χ0v) is 17.5. The van der Waals surface area contributed by atoms with Crippen LogP contribution in [-0.2, 0) is 0 Å². The van der Waals surface area contributed by atoms with Crippen LogP contribution in [0.4, 0.5) is 0 Å². The molecule has 2 aromatic rings. The molecule has 26 heavy (non-hydrogen) atoms. The molecule has 0 heterocycles. The molecule has 0 aliphatic carbocycles. The van der Waals surface area contributed by atoms with Gasteiger partial charge in [0.05, 0.1) is 0 Å². The maximum absolute atomic E-state index is 11.9. The summed E-state index contributed by atoms with van der Waals surface area (Å²) in [6.45, 7) is 8.56. The Kier molecular flexibility index (Phi) is 11.8. The molecular weight excluding hydrogens is 324 g/mol. The second-order valence-electron chi connectivity index (χ2n) is 5.65. The number of carbonyl (C=O) groups is 1. The third-order valence-electron chi connectivity index (χ3n) is 3.22. The van der Waals surface area contributed by atoms with Crippen molar-refractivity contribution in [3.05, 3.63) is 54.1 Å². The van der Waals surface area contributed by atoms with Gasteiger partial charge in [-0.15, -0.1) is 0 Å². The van der Waals surface area contributed by atoms with E-state index >= 15 is 0 Å². The second-order valence-corrected chi connectivity index (χ2v) is 5.65. The molecule has 0 fully saturated rings. The molecule has 0 bridgehead atoms. The van der Waals surface area contributed by atoms with Gasteiger partial charge in [-0.1, -0.05) is 52.0 Å². The van der Waals surface area contributed by atoms with Gasteiger partial charge in [-0.3, -0.25) is 9.69 Å². The fraction of sp³-hybridized carbons (Fsp3) is 0.409. The van der Waals surface area contributed by atoms with Gasteiger partial charge in [0.15, 0.2) is 0 Å². The van der Waals surface area contributed by atoms with E-state index in [1.54, 1.807) is 19.0 Å². The molecule has 0 N–H and O–H groups in total. The Bertz CT molecular complexity index is 618. The molecule has 0 saturated carbocycles. The quantitative estimate of drug-likeness (QED) is 0.705. The van der Waals surface area contributed by atoms with Gasteiger partial charge < -0.3 is 9.64 Å². The van der Waals surface area contributed by atoms with E-state index < -0.39 is 0 Å². The zero-order chi connectivity index (χ0) is 20.1. The van der Waals surface area contributed by atoms with E-state index in [0.29, 0.717) is 12.3 Å². The first-order valence-corrected chi connectivity index (χ1v) is 9.17. The van der Waals surface area contributed by atoms with E-state index in [0.717, 1.165) is 16.9 Å². The number of nitrogens with zero attached hydrogens (tertiary/aromatic N) is 2. The van der Waals surface area contributed by atoms with Crippen molar-refractivity contribution in [1.82, 2.24) is 9.80 Å². The first kappa shape index (κ1) is 23.7. The van der Waals surface area contributed by atoms with E-state index in [9.17, 15) is 4.79 Å². The summed E-state index contributed by atoms with van der Waals surface area (Å²) in [6.07, 6.45) is 0. The minimum atomic E-state index is 0.0129. The van der Waals surface area contributed by atoms with Crippen LogP contribution in [0.15, 0.2) is 48.5 Å². The first-order chi connectivity index (χ1) is 12.5. The summed E-state index contributed by atoms with van der Waals surface area (Å²) in [5.74, 6) is 0.857. The van der Waals surface area contributed by atoms with E-state index in [4.69, 9.17) is 4.74 Å². The number of hydrogen-bond acceptors (Lipinski definition) is 3. The Balaban J connectivity index is 0.00000146. The molecule has 4 nitrogen and oxygen atoms in total. The number of rotatable bonds is 5. The monoisotopic (exact) mass is 358 g/mol. The normalized spacial score (nSPS) is 9.42. The molecule has 0 spiro atoms. The van der Waals surface area contributed by atoms with E-state index in [1.807, 2.05) is 95.2 Å². The summed E-state index contributed by atoms with van der Waals surface area (Å²) >= 11 is 0. The lowest BCUT2D eigenvalue weighted by molar-refractivity contribution is 0.0827. The molecule has 1 amide bonds. The van der Waals surface area contributed by atoms with Gasteiger partial charge in [0.2, 0.25) is 0 Å². The molecule has 4 heteroatoms. The topological polar surface area (TPSA) is 32.8 Å². The van der Waals surface area contributed by atoms with Gasteiger partial charge in [-0.2, -0.15) is 0 Å². The van der Waals surface area contributed by atoms with Crippen LogP contribution in [-0.4, -0.2) is 50.6 Å². The van der Waals surface area contributed by atoms with Gasteiger partial charge in [0, 0.05) is 19.7 Å². The van der Waals surface area contributed by atoms with Crippen LogP contribution in [0.5, 0.6) is 5.75 Å². The average Bonchev–Trinajstić information content (AvgIpc) is 2.69. The Morgan fingerprint density at radius 1 is 0.769 bits per heavy atom. The standard InChI is InChI=1S/C18H22N2O2.2C2H6/c1-19(2)13-22-17-11-9-15(10-12-17)14-5-7-16(8-6-14)18(21)20(3)4;2*1-2/h5-12H,13H2,1-4H3;2*1-2H3. The third-order valence-corrected chi connectivity index (χ3v) is 3.22. The fourth-order valence-electron chi connectivity index (χ4n) is 2.01. The van der Waals surface area contributed by atoms with Crippen molar-refractivity contribution in [3.63, 3.8) is 0 Å². The molecule has 0 atom stereocenters.